The van der Waals surface area contributed by atoms with Gasteiger partial charge in [0.2, 0.25) is 27.6 Å². The highest BCUT2D eigenvalue weighted by molar-refractivity contribution is 7.88. The van der Waals surface area contributed by atoms with E-state index in [1.807, 2.05) is 0 Å². The Hall–Kier alpha value is -3.31. The first-order valence-electron chi connectivity index (χ1n) is 9.57. The first kappa shape index (κ1) is 23.4. The monoisotopic (exact) mass is 462 g/mol. The zero-order valence-corrected chi connectivity index (χ0v) is 18.7. The summed E-state index contributed by atoms with van der Waals surface area (Å²) >= 11 is 0. The van der Waals surface area contributed by atoms with Gasteiger partial charge in [-0.25, -0.2) is 12.8 Å². The van der Waals surface area contributed by atoms with Crippen molar-refractivity contribution in [2.75, 3.05) is 27.0 Å². The number of amides is 1. The Labute approximate surface area is 185 Å². The third-order valence-corrected chi connectivity index (χ3v) is 5.88. The van der Waals surface area contributed by atoms with Gasteiger partial charge in [0.15, 0.2) is 0 Å². The van der Waals surface area contributed by atoms with E-state index in [2.05, 4.69) is 10.1 Å². The van der Waals surface area contributed by atoms with Gasteiger partial charge in [-0.1, -0.05) is 35.5 Å². The Morgan fingerprint density at radius 1 is 1.16 bits per heavy atom. The molecule has 0 aliphatic carbocycles. The van der Waals surface area contributed by atoms with Gasteiger partial charge in [-0.3, -0.25) is 4.79 Å². The summed E-state index contributed by atoms with van der Waals surface area (Å²) in [6.07, 6.45) is 0.972. The largest absolute Gasteiger partial charge is 0.497 e. The van der Waals surface area contributed by atoms with Crippen LogP contribution in [0, 0.1) is 5.82 Å². The molecule has 170 valence electrons. The summed E-state index contributed by atoms with van der Waals surface area (Å²) in [6, 6.07) is 12.9. The fourth-order valence-electron chi connectivity index (χ4n) is 2.87. The van der Waals surface area contributed by atoms with Crippen LogP contribution in [0.25, 0.3) is 11.4 Å². The van der Waals surface area contributed by atoms with Crippen molar-refractivity contribution in [3.63, 3.8) is 0 Å². The molecule has 3 rings (SSSR count). The van der Waals surface area contributed by atoms with Crippen LogP contribution in [0.15, 0.2) is 53.1 Å². The molecule has 0 saturated heterocycles. The molecule has 0 aliphatic heterocycles. The van der Waals surface area contributed by atoms with Gasteiger partial charge in [0.1, 0.15) is 11.6 Å². The maximum absolute atomic E-state index is 14.0. The lowest BCUT2D eigenvalue weighted by Gasteiger charge is -2.23. The van der Waals surface area contributed by atoms with Crippen LogP contribution in [-0.2, 0) is 27.9 Å². The zero-order chi connectivity index (χ0) is 23.3. The van der Waals surface area contributed by atoms with Crippen molar-refractivity contribution in [2.45, 2.75) is 13.1 Å². The average molecular weight is 463 g/mol. The van der Waals surface area contributed by atoms with Crippen molar-refractivity contribution in [1.29, 1.82) is 0 Å². The SMILES string of the molecule is COc1cccc(-c2noc(CN(C)C(=O)CN(Cc3ccccc3F)S(C)(=O)=O)n2)c1. The third kappa shape index (κ3) is 5.89. The maximum atomic E-state index is 14.0. The summed E-state index contributed by atoms with van der Waals surface area (Å²) in [6.45, 7) is -0.737. The van der Waals surface area contributed by atoms with Gasteiger partial charge in [0.05, 0.1) is 26.5 Å². The van der Waals surface area contributed by atoms with Crippen molar-refractivity contribution in [1.82, 2.24) is 19.3 Å². The first-order chi connectivity index (χ1) is 15.2. The molecule has 0 atom stereocenters. The molecule has 32 heavy (non-hydrogen) atoms. The van der Waals surface area contributed by atoms with Gasteiger partial charge in [-0.15, -0.1) is 0 Å². The number of hydrogen-bond donors (Lipinski definition) is 0. The number of ether oxygens (including phenoxy) is 1. The standard InChI is InChI=1S/C21H23FN4O5S/c1-25(13-19-23-21(24-31-19)15-8-6-9-17(11-15)30-2)20(27)14-26(32(3,28)29)12-16-7-4-5-10-18(16)22/h4-11H,12-14H2,1-3H3. The van der Waals surface area contributed by atoms with E-state index >= 15 is 0 Å². The summed E-state index contributed by atoms with van der Waals surface area (Å²) in [5.74, 6) is 0.0957. The highest BCUT2D eigenvalue weighted by Crippen LogP contribution is 2.21. The zero-order valence-electron chi connectivity index (χ0n) is 17.9. The van der Waals surface area contributed by atoms with Crippen LogP contribution in [0.4, 0.5) is 4.39 Å². The van der Waals surface area contributed by atoms with Crippen LogP contribution >= 0.6 is 0 Å². The van der Waals surface area contributed by atoms with E-state index in [4.69, 9.17) is 9.26 Å². The Bertz CT molecular complexity index is 1200. The van der Waals surface area contributed by atoms with Gasteiger partial charge < -0.3 is 14.2 Å². The lowest BCUT2D eigenvalue weighted by atomic mass is 10.2. The molecule has 3 aromatic rings. The molecule has 1 heterocycles. The van der Waals surface area contributed by atoms with Gasteiger partial charge in [0, 0.05) is 24.7 Å². The second-order valence-electron chi connectivity index (χ2n) is 7.12. The van der Waals surface area contributed by atoms with Gasteiger partial charge in [-0.05, 0) is 18.2 Å². The van der Waals surface area contributed by atoms with E-state index < -0.39 is 28.3 Å². The quantitative estimate of drug-likeness (QED) is 0.480. The van der Waals surface area contributed by atoms with E-state index in [1.165, 1.54) is 30.1 Å². The summed E-state index contributed by atoms with van der Waals surface area (Å²) in [7, 11) is -0.728. The van der Waals surface area contributed by atoms with Crippen LogP contribution in [-0.4, -0.2) is 60.6 Å². The predicted octanol–water partition coefficient (Wildman–Crippen LogP) is 2.30. The molecule has 0 aliphatic rings. The van der Waals surface area contributed by atoms with E-state index in [0.717, 1.165) is 10.6 Å². The number of carbonyl (C=O) groups is 1. The van der Waals surface area contributed by atoms with Crippen LogP contribution in [0.2, 0.25) is 0 Å². The molecule has 2 aromatic carbocycles. The van der Waals surface area contributed by atoms with Crippen molar-refractivity contribution < 1.29 is 26.9 Å². The van der Waals surface area contributed by atoms with E-state index in [1.54, 1.807) is 37.4 Å². The number of rotatable bonds is 9. The predicted molar refractivity (Wildman–Crippen MR) is 114 cm³/mol. The van der Waals surface area contributed by atoms with E-state index in [0.29, 0.717) is 17.1 Å². The van der Waals surface area contributed by atoms with Crippen molar-refractivity contribution in [3.05, 3.63) is 65.8 Å². The summed E-state index contributed by atoms with van der Waals surface area (Å²) in [5, 5.41) is 3.91. The molecular weight excluding hydrogens is 439 g/mol. The Morgan fingerprint density at radius 2 is 1.91 bits per heavy atom. The Kier molecular flexibility index (Phi) is 7.21. The topological polar surface area (TPSA) is 106 Å². The second-order valence-corrected chi connectivity index (χ2v) is 9.10. The van der Waals surface area contributed by atoms with Crippen LogP contribution < -0.4 is 4.74 Å². The lowest BCUT2D eigenvalue weighted by Crippen LogP contribution is -2.40. The molecule has 0 fully saturated rings. The van der Waals surface area contributed by atoms with E-state index in [9.17, 15) is 17.6 Å². The molecule has 0 unspecified atom stereocenters. The lowest BCUT2D eigenvalue weighted by molar-refractivity contribution is -0.131. The molecule has 9 nitrogen and oxygen atoms in total. The molecule has 0 spiro atoms. The van der Waals surface area contributed by atoms with Gasteiger partial charge >= 0.3 is 0 Å². The minimum atomic E-state index is -3.76. The number of nitrogens with zero attached hydrogens (tertiary/aromatic N) is 4. The third-order valence-electron chi connectivity index (χ3n) is 4.68. The van der Waals surface area contributed by atoms with Crippen LogP contribution in [0.5, 0.6) is 5.75 Å². The maximum Gasteiger partial charge on any atom is 0.246 e. The number of aromatic nitrogens is 2. The number of benzene rings is 2. The average Bonchev–Trinajstić information content (AvgIpc) is 3.22. The van der Waals surface area contributed by atoms with E-state index in [-0.39, 0.29) is 24.5 Å². The molecule has 11 heteroatoms. The molecule has 1 aromatic heterocycles. The minimum Gasteiger partial charge on any atom is -0.497 e. The number of halogens is 1. The fraction of sp³-hybridized carbons (Fsp3) is 0.286. The normalized spacial score (nSPS) is 11.5. The smallest absolute Gasteiger partial charge is 0.246 e. The molecule has 0 N–H and O–H groups in total. The summed E-state index contributed by atoms with van der Waals surface area (Å²) in [5.41, 5.74) is 0.856. The summed E-state index contributed by atoms with van der Waals surface area (Å²) < 4.78 is 49.6. The van der Waals surface area contributed by atoms with Crippen molar-refractivity contribution in [3.8, 4) is 17.1 Å². The molecule has 0 saturated carbocycles. The number of sulfonamides is 1. The molecule has 1 amide bonds. The van der Waals surface area contributed by atoms with Gasteiger partial charge in [0.25, 0.3) is 0 Å². The number of hydrogen-bond acceptors (Lipinski definition) is 7. The summed E-state index contributed by atoms with van der Waals surface area (Å²) in [4.78, 5) is 18.2. The van der Waals surface area contributed by atoms with Gasteiger partial charge in [-0.2, -0.15) is 9.29 Å². The highest BCUT2D eigenvalue weighted by Gasteiger charge is 2.24. The van der Waals surface area contributed by atoms with Crippen molar-refractivity contribution >= 4 is 15.9 Å². The molecule has 0 radical (unpaired) electrons. The minimum absolute atomic E-state index is 0.0207. The molecular formula is C21H23FN4O5S. The Morgan fingerprint density at radius 3 is 2.59 bits per heavy atom. The number of likely N-dealkylation sites (N-methyl/N-ethyl adjacent to an activating group) is 1. The first-order valence-corrected chi connectivity index (χ1v) is 11.4. The highest BCUT2D eigenvalue weighted by atomic mass is 32.2. The second kappa shape index (κ2) is 9.88. The van der Waals surface area contributed by atoms with Crippen LogP contribution in [0.3, 0.4) is 0 Å². The number of carbonyl (C=O) groups excluding carboxylic acids is 1. The van der Waals surface area contributed by atoms with Crippen LogP contribution in [0.1, 0.15) is 11.5 Å². The molecule has 0 bridgehead atoms. The fourth-order valence-corrected chi connectivity index (χ4v) is 3.59. The number of methoxy groups -OCH3 is 1. The van der Waals surface area contributed by atoms with Crippen molar-refractivity contribution in [2.24, 2.45) is 0 Å². The Balaban J connectivity index is 1.68.